The zero-order valence-corrected chi connectivity index (χ0v) is 17.1. The predicted octanol–water partition coefficient (Wildman–Crippen LogP) is 3.00. The Hall–Kier alpha value is -2.45. The summed E-state index contributed by atoms with van der Waals surface area (Å²) in [6, 6.07) is 8.45. The van der Waals surface area contributed by atoms with Gasteiger partial charge in [0.1, 0.15) is 6.10 Å². The molecule has 3 aliphatic heterocycles. The fourth-order valence-electron chi connectivity index (χ4n) is 4.31. The number of likely N-dealkylation sites (tertiary alicyclic amines) is 1. The van der Waals surface area contributed by atoms with Gasteiger partial charge in [0, 0.05) is 38.0 Å². The summed E-state index contributed by atoms with van der Waals surface area (Å²) in [7, 11) is 0. The number of cyclic esters (lactones) is 1. The van der Waals surface area contributed by atoms with Gasteiger partial charge in [-0.15, -0.1) is 11.3 Å². The van der Waals surface area contributed by atoms with Gasteiger partial charge >= 0.3 is 6.09 Å². The average Bonchev–Trinajstić information content (AvgIpc) is 3.42. The van der Waals surface area contributed by atoms with Gasteiger partial charge in [0.25, 0.3) is 0 Å². The number of rotatable bonds is 5. The number of thiazole rings is 1. The molecule has 29 heavy (non-hydrogen) atoms. The second-order valence-electron chi connectivity index (χ2n) is 7.95. The van der Waals surface area contributed by atoms with E-state index in [1.54, 1.807) is 4.90 Å². The number of hydrogen-bond acceptors (Lipinski definition) is 6. The summed E-state index contributed by atoms with van der Waals surface area (Å²) in [5.41, 5.74) is 3.54. The number of anilines is 1. The third-order valence-corrected chi connectivity index (χ3v) is 6.70. The van der Waals surface area contributed by atoms with Crippen molar-refractivity contribution in [2.24, 2.45) is 0 Å². The molecule has 2 saturated heterocycles. The maximum Gasteiger partial charge on any atom is 0.416 e. The average molecular weight is 413 g/mol. The Balaban J connectivity index is 1.19. The van der Waals surface area contributed by atoms with Crippen molar-refractivity contribution in [2.45, 2.75) is 45.0 Å². The first-order valence-corrected chi connectivity index (χ1v) is 11.0. The van der Waals surface area contributed by atoms with Gasteiger partial charge in [0.2, 0.25) is 5.91 Å². The Kier molecular flexibility index (Phi) is 4.97. The summed E-state index contributed by atoms with van der Waals surface area (Å²) in [6.45, 7) is 4.34. The number of carbonyl (C=O) groups is 2. The van der Waals surface area contributed by atoms with Crippen LogP contribution in [-0.2, 0) is 29.2 Å². The van der Waals surface area contributed by atoms with Crippen molar-refractivity contribution in [3.63, 3.8) is 0 Å². The van der Waals surface area contributed by atoms with Crippen molar-refractivity contribution < 1.29 is 14.3 Å². The van der Waals surface area contributed by atoms with Crippen molar-refractivity contribution in [1.29, 1.82) is 0 Å². The van der Waals surface area contributed by atoms with Crippen LogP contribution in [0.4, 0.5) is 9.93 Å². The molecule has 8 heteroatoms. The molecule has 2 amide bonds. The number of benzene rings is 1. The summed E-state index contributed by atoms with van der Waals surface area (Å²) >= 11 is 1.44. The van der Waals surface area contributed by atoms with Crippen LogP contribution in [-0.4, -0.2) is 52.5 Å². The Morgan fingerprint density at radius 3 is 2.69 bits per heavy atom. The molecule has 2 fully saturated rings. The summed E-state index contributed by atoms with van der Waals surface area (Å²) in [6.07, 6.45) is 2.15. The predicted molar refractivity (Wildman–Crippen MR) is 110 cm³/mol. The molecule has 152 valence electrons. The first-order valence-electron chi connectivity index (χ1n) is 10.2. The number of fused-ring (bicyclic) bond motifs is 1. The van der Waals surface area contributed by atoms with E-state index in [-0.39, 0.29) is 18.1 Å². The lowest BCUT2D eigenvalue weighted by molar-refractivity contribution is -0.133. The molecular weight excluding hydrogens is 388 g/mol. The van der Waals surface area contributed by atoms with Crippen LogP contribution in [0, 0.1) is 0 Å². The van der Waals surface area contributed by atoms with Gasteiger partial charge in [-0.05, 0) is 24.0 Å². The van der Waals surface area contributed by atoms with Crippen LogP contribution >= 0.6 is 11.3 Å². The molecule has 0 saturated carbocycles. The molecule has 2 aromatic rings. The van der Waals surface area contributed by atoms with Gasteiger partial charge in [0.05, 0.1) is 18.8 Å². The highest BCUT2D eigenvalue weighted by Crippen LogP contribution is 2.28. The molecule has 7 nitrogen and oxygen atoms in total. The number of ether oxygens (including phenoxy) is 1. The monoisotopic (exact) mass is 412 g/mol. The van der Waals surface area contributed by atoms with Crippen molar-refractivity contribution in [3.8, 4) is 0 Å². The fraction of sp³-hybridized carbons (Fsp3) is 0.476. The zero-order chi connectivity index (χ0) is 19.8. The number of aromatic nitrogens is 1. The second-order valence-corrected chi connectivity index (χ2v) is 8.79. The standard InChI is InChI=1S/C21H24N4O3S/c26-19-7-3-4-8-24(19)11-17-14-29-20(22-17)25-13-18(28-21(25)27)12-23-9-15-5-1-2-6-16(15)10-23/h1-2,5-6,14,18H,3-4,7-13H2/t18-/m0/s1. The van der Waals surface area contributed by atoms with Gasteiger partial charge in [0.15, 0.2) is 5.13 Å². The largest absolute Gasteiger partial charge is 0.443 e. The number of hydrogen-bond donors (Lipinski definition) is 0. The molecule has 5 rings (SSSR count). The summed E-state index contributed by atoms with van der Waals surface area (Å²) < 4.78 is 5.61. The molecule has 0 aliphatic carbocycles. The summed E-state index contributed by atoms with van der Waals surface area (Å²) in [4.78, 5) is 34.8. The SMILES string of the molecule is O=C1CCCCN1Cc1csc(N2C[C@H](CN3Cc4ccccc4C3)OC2=O)n1. The van der Waals surface area contributed by atoms with E-state index in [0.29, 0.717) is 24.6 Å². The van der Waals surface area contributed by atoms with E-state index in [1.807, 2.05) is 10.3 Å². The van der Waals surface area contributed by atoms with Crippen LogP contribution in [0.15, 0.2) is 29.6 Å². The first-order chi connectivity index (χ1) is 14.2. The summed E-state index contributed by atoms with van der Waals surface area (Å²) in [5, 5.41) is 2.59. The highest BCUT2D eigenvalue weighted by Gasteiger charge is 2.36. The molecule has 3 aliphatic rings. The molecule has 0 radical (unpaired) electrons. The van der Waals surface area contributed by atoms with Gasteiger partial charge in [-0.1, -0.05) is 24.3 Å². The lowest BCUT2D eigenvalue weighted by Crippen LogP contribution is -2.34. The molecule has 4 heterocycles. The van der Waals surface area contributed by atoms with Gasteiger partial charge in [-0.2, -0.15) is 0 Å². The van der Waals surface area contributed by atoms with Crippen LogP contribution in [0.5, 0.6) is 0 Å². The van der Waals surface area contributed by atoms with E-state index in [1.165, 1.54) is 22.5 Å². The molecule has 1 aromatic heterocycles. The van der Waals surface area contributed by atoms with E-state index in [9.17, 15) is 9.59 Å². The summed E-state index contributed by atoms with van der Waals surface area (Å²) in [5.74, 6) is 0.193. The van der Waals surface area contributed by atoms with E-state index < -0.39 is 0 Å². The van der Waals surface area contributed by atoms with Crippen LogP contribution in [0.1, 0.15) is 36.1 Å². The van der Waals surface area contributed by atoms with Crippen molar-refractivity contribution >= 4 is 28.5 Å². The number of carbonyl (C=O) groups excluding carboxylic acids is 2. The van der Waals surface area contributed by atoms with Crippen molar-refractivity contribution in [2.75, 3.05) is 24.5 Å². The molecule has 0 N–H and O–H groups in total. The van der Waals surface area contributed by atoms with Gasteiger partial charge in [-0.3, -0.25) is 9.69 Å². The first kappa shape index (κ1) is 18.6. The number of piperidine rings is 1. The van der Waals surface area contributed by atoms with E-state index in [0.717, 1.165) is 44.7 Å². The lowest BCUT2D eigenvalue weighted by atomic mass is 10.1. The maximum absolute atomic E-state index is 12.4. The van der Waals surface area contributed by atoms with Crippen molar-refractivity contribution in [3.05, 3.63) is 46.5 Å². The highest BCUT2D eigenvalue weighted by atomic mass is 32.1. The quantitative estimate of drug-likeness (QED) is 0.755. The molecule has 0 spiro atoms. The third-order valence-electron chi connectivity index (χ3n) is 5.79. The second kappa shape index (κ2) is 7.76. The molecular formula is C21H24N4O3S. The van der Waals surface area contributed by atoms with Crippen LogP contribution in [0.2, 0.25) is 0 Å². The van der Waals surface area contributed by atoms with E-state index in [2.05, 4.69) is 34.1 Å². The molecule has 0 unspecified atom stereocenters. The zero-order valence-electron chi connectivity index (χ0n) is 16.2. The Bertz CT molecular complexity index is 905. The maximum atomic E-state index is 12.4. The molecule has 1 atom stereocenters. The van der Waals surface area contributed by atoms with Crippen LogP contribution in [0.25, 0.3) is 0 Å². The van der Waals surface area contributed by atoms with Crippen LogP contribution < -0.4 is 4.90 Å². The Morgan fingerprint density at radius 2 is 1.93 bits per heavy atom. The lowest BCUT2D eigenvalue weighted by Gasteiger charge is -2.25. The topological polar surface area (TPSA) is 66.0 Å². The van der Waals surface area contributed by atoms with Gasteiger partial charge < -0.3 is 9.64 Å². The molecule has 1 aromatic carbocycles. The highest BCUT2D eigenvalue weighted by molar-refractivity contribution is 7.14. The number of nitrogens with zero attached hydrogens (tertiary/aromatic N) is 4. The van der Waals surface area contributed by atoms with Gasteiger partial charge in [-0.25, -0.2) is 14.7 Å². The minimum Gasteiger partial charge on any atom is -0.443 e. The normalized spacial score (nSPS) is 22.3. The minimum absolute atomic E-state index is 0.159. The Morgan fingerprint density at radius 1 is 1.14 bits per heavy atom. The minimum atomic E-state index is -0.332. The fourth-order valence-corrected chi connectivity index (χ4v) is 5.13. The Labute approximate surface area is 173 Å². The molecule has 0 bridgehead atoms. The van der Waals surface area contributed by atoms with Crippen LogP contribution in [0.3, 0.4) is 0 Å². The van der Waals surface area contributed by atoms with Crippen molar-refractivity contribution in [1.82, 2.24) is 14.8 Å². The van der Waals surface area contributed by atoms with E-state index in [4.69, 9.17) is 4.74 Å². The van der Waals surface area contributed by atoms with E-state index >= 15 is 0 Å². The number of amides is 2. The smallest absolute Gasteiger partial charge is 0.416 e. The third kappa shape index (κ3) is 3.86.